The third-order valence-corrected chi connectivity index (χ3v) is 5.02. The molecule has 0 bridgehead atoms. The molecule has 1 heterocycles. The van der Waals surface area contributed by atoms with Crippen LogP contribution in [-0.2, 0) is 11.3 Å². The summed E-state index contributed by atoms with van der Waals surface area (Å²) in [5.41, 5.74) is 6.90. The number of H-pyrrole nitrogens is 1. The summed E-state index contributed by atoms with van der Waals surface area (Å²) >= 11 is 6.20. The minimum absolute atomic E-state index is 0. The molecule has 6 N–H and O–H groups in total. The topological polar surface area (TPSA) is 155 Å². The first-order valence-corrected chi connectivity index (χ1v) is 10.7. The number of nitrogens with two attached hydrogens (primary N) is 1. The monoisotopic (exact) mass is 520 g/mol. The first kappa shape index (κ1) is 27.5. The van der Waals surface area contributed by atoms with Gasteiger partial charge in [0.1, 0.15) is 23.2 Å². The van der Waals surface area contributed by atoms with Crippen LogP contribution in [0.1, 0.15) is 40.3 Å². The summed E-state index contributed by atoms with van der Waals surface area (Å²) < 4.78 is 11.4. The fourth-order valence-corrected chi connectivity index (χ4v) is 3.24. The zero-order valence-electron chi connectivity index (χ0n) is 19.1. The highest BCUT2D eigenvalue weighted by Gasteiger charge is 2.15. The predicted octanol–water partition coefficient (Wildman–Crippen LogP) is 2.96. The molecule has 186 valence electrons. The van der Waals surface area contributed by atoms with E-state index >= 15 is 0 Å². The molecule has 2 amide bonds. The van der Waals surface area contributed by atoms with Gasteiger partial charge in [0.15, 0.2) is 12.7 Å². The number of nitrogen functional groups attached to an aromatic ring is 1. The maximum absolute atomic E-state index is 12.8. The molecule has 0 spiro atoms. The standard InChI is InChI=1S/C23H25ClN6O4.ClH/c1-13(22-28-5-6-29-22)34-18-8-16(7-17(24)10-18)23(32)30-11-15-4-3-14(21(25)26)9-19(15)33-12-20(31)27-2;/h3-10,13H,11-12H2,1-2H3,(H3,25,26)(H,27,31)(H,28,29)(H,30,32);1H. The summed E-state index contributed by atoms with van der Waals surface area (Å²) in [4.78, 5) is 31.6. The number of amides is 2. The summed E-state index contributed by atoms with van der Waals surface area (Å²) in [5.74, 6) is 0.546. The van der Waals surface area contributed by atoms with E-state index in [1.807, 2.05) is 6.92 Å². The van der Waals surface area contributed by atoms with Crippen molar-refractivity contribution in [1.29, 1.82) is 5.41 Å². The number of halogens is 2. The van der Waals surface area contributed by atoms with Gasteiger partial charge in [0, 0.05) is 47.7 Å². The van der Waals surface area contributed by atoms with E-state index in [0.29, 0.717) is 39.0 Å². The number of carbonyl (C=O) groups excluding carboxylic acids is 2. The van der Waals surface area contributed by atoms with Gasteiger partial charge in [-0.25, -0.2) is 4.98 Å². The van der Waals surface area contributed by atoms with Gasteiger partial charge in [-0.1, -0.05) is 23.7 Å². The molecule has 1 unspecified atom stereocenters. The molecule has 12 heteroatoms. The van der Waals surface area contributed by atoms with Crippen LogP contribution >= 0.6 is 24.0 Å². The van der Waals surface area contributed by atoms with Crippen molar-refractivity contribution in [1.82, 2.24) is 20.6 Å². The molecule has 0 aliphatic heterocycles. The molecular weight excluding hydrogens is 495 g/mol. The molecule has 1 aromatic heterocycles. The van der Waals surface area contributed by atoms with Crippen LogP contribution < -0.4 is 25.8 Å². The van der Waals surface area contributed by atoms with Gasteiger partial charge in [0.2, 0.25) is 0 Å². The zero-order chi connectivity index (χ0) is 24.7. The number of benzene rings is 2. The molecule has 1 atom stereocenters. The first-order valence-electron chi connectivity index (χ1n) is 10.3. The number of nitrogens with zero attached hydrogens (tertiary/aromatic N) is 1. The van der Waals surface area contributed by atoms with Crippen LogP contribution in [0.25, 0.3) is 0 Å². The fraction of sp³-hybridized carbons (Fsp3) is 0.217. The summed E-state index contributed by atoms with van der Waals surface area (Å²) in [6.45, 7) is 1.71. The number of ether oxygens (including phenoxy) is 2. The van der Waals surface area contributed by atoms with Gasteiger partial charge in [-0.2, -0.15) is 0 Å². The van der Waals surface area contributed by atoms with E-state index in [-0.39, 0.29) is 49.3 Å². The Balaban J connectivity index is 0.00000432. The quantitative estimate of drug-likeness (QED) is 0.204. The predicted molar refractivity (Wildman–Crippen MR) is 135 cm³/mol. The molecule has 0 saturated carbocycles. The van der Waals surface area contributed by atoms with E-state index in [1.165, 1.54) is 13.1 Å². The molecule has 0 aliphatic carbocycles. The van der Waals surface area contributed by atoms with Gasteiger partial charge < -0.3 is 30.8 Å². The lowest BCUT2D eigenvalue weighted by atomic mass is 10.1. The summed E-state index contributed by atoms with van der Waals surface area (Å²) in [6, 6.07) is 9.59. The van der Waals surface area contributed by atoms with E-state index in [0.717, 1.165) is 0 Å². The second-order valence-corrected chi connectivity index (χ2v) is 7.73. The van der Waals surface area contributed by atoms with Crippen molar-refractivity contribution in [2.45, 2.75) is 19.6 Å². The van der Waals surface area contributed by atoms with Gasteiger partial charge in [0.05, 0.1) is 0 Å². The van der Waals surface area contributed by atoms with Crippen LogP contribution in [0.2, 0.25) is 5.02 Å². The summed E-state index contributed by atoms with van der Waals surface area (Å²) in [7, 11) is 1.50. The maximum atomic E-state index is 12.8. The smallest absolute Gasteiger partial charge is 0.257 e. The minimum atomic E-state index is -0.383. The Hall–Kier alpha value is -3.76. The summed E-state index contributed by atoms with van der Waals surface area (Å²) in [6.07, 6.45) is 2.95. The average Bonchev–Trinajstić information content (AvgIpc) is 3.36. The highest BCUT2D eigenvalue weighted by Crippen LogP contribution is 2.26. The second kappa shape index (κ2) is 12.6. The lowest BCUT2D eigenvalue weighted by Gasteiger charge is -2.15. The number of likely N-dealkylation sites (N-methyl/N-ethyl adjacent to an activating group) is 1. The number of amidine groups is 1. The van der Waals surface area contributed by atoms with Crippen LogP contribution in [0.5, 0.6) is 11.5 Å². The molecule has 3 rings (SSSR count). The number of nitrogens with one attached hydrogen (secondary N) is 4. The maximum Gasteiger partial charge on any atom is 0.257 e. The Morgan fingerprint density at radius 3 is 2.66 bits per heavy atom. The third-order valence-electron chi connectivity index (χ3n) is 4.81. The number of hydrogen-bond donors (Lipinski definition) is 5. The van der Waals surface area contributed by atoms with E-state index in [4.69, 9.17) is 32.2 Å². The average molecular weight is 521 g/mol. The van der Waals surface area contributed by atoms with Crippen LogP contribution in [0.3, 0.4) is 0 Å². The van der Waals surface area contributed by atoms with E-state index in [2.05, 4.69) is 20.6 Å². The molecule has 0 saturated heterocycles. The van der Waals surface area contributed by atoms with Crippen molar-refractivity contribution >= 4 is 41.7 Å². The highest BCUT2D eigenvalue weighted by molar-refractivity contribution is 6.31. The molecular formula is C23H26Cl2N6O4. The molecule has 35 heavy (non-hydrogen) atoms. The van der Waals surface area contributed by atoms with Gasteiger partial charge in [-0.3, -0.25) is 15.0 Å². The van der Waals surface area contributed by atoms with Crippen LogP contribution in [0.15, 0.2) is 48.8 Å². The number of aromatic amines is 1. The van der Waals surface area contributed by atoms with Gasteiger partial charge in [-0.15, -0.1) is 12.4 Å². The van der Waals surface area contributed by atoms with Gasteiger partial charge >= 0.3 is 0 Å². The van der Waals surface area contributed by atoms with Gasteiger partial charge in [0.25, 0.3) is 11.8 Å². The van der Waals surface area contributed by atoms with E-state index < -0.39 is 0 Å². The molecule has 3 aromatic rings. The second-order valence-electron chi connectivity index (χ2n) is 7.29. The minimum Gasteiger partial charge on any atom is -0.483 e. The van der Waals surface area contributed by atoms with E-state index in [9.17, 15) is 9.59 Å². The number of rotatable bonds is 10. The lowest BCUT2D eigenvalue weighted by Crippen LogP contribution is -2.26. The zero-order valence-corrected chi connectivity index (χ0v) is 20.6. The first-order chi connectivity index (χ1) is 16.3. The third kappa shape index (κ3) is 7.62. The van der Waals surface area contributed by atoms with Gasteiger partial charge in [-0.05, 0) is 31.2 Å². The molecule has 2 aromatic carbocycles. The summed E-state index contributed by atoms with van der Waals surface area (Å²) in [5, 5.41) is 13.2. The lowest BCUT2D eigenvalue weighted by molar-refractivity contribution is -0.122. The normalized spacial score (nSPS) is 11.1. The SMILES string of the molecule is CNC(=O)COc1cc(C(=N)N)ccc1CNC(=O)c1cc(Cl)cc(OC(C)c2ncc[nH]2)c1.Cl. The van der Waals surface area contributed by atoms with Crippen molar-refractivity contribution in [2.24, 2.45) is 5.73 Å². The van der Waals surface area contributed by atoms with Crippen LogP contribution in [0.4, 0.5) is 0 Å². The van der Waals surface area contributed by atoms with Crippen molar-refractivity contribution in [3.8, 4) is 11.5 Å². The van der Waals surface area contributed by atoms with Crippen molar-refractivity contribution < 1.29 is 19.1 Å². The molecule has 0 radical (unpaired) electrons. The number of hydrogen-bond acceptors (Lipinski definition) is 6. The molecule has 10 nitrogen and oxygen atoms in total. The Labute approximate surface area is 213 Å². The largest absolute Gasteiger partial charge is 0.483 e. The van der Waals surface area contributed by atoms with Crippen molar-refractivity contribution in [2.75, 3.05) is 13.7 Å². The number of carbonyl (C=O) groups is 2. The van der Waals surface area contributed by atoms with Crippen molar-refractivity contribution in [3.05, 3.63) is 76.3 Å². The van der Waals surface area contributed by atoms with E-state index in [1.54, 1.807) is 42.7 Å². The molecule has 0 fully saturated rings. The Morgan fingerprint density at radius 2 is 2.00 bits per heavy atom. The van der Waals surface area contributed by atoms with Crippen LogP contribution in [-0.4, -0.2) is 41.3 Å². The fourth-order valence-electron chi connectivity index (χ4n) is 3.02. The number of aromatic nitrogens is 2. The number of imidazole rings is 1. The van der Waals surface area contributed by atoms with Crippen molar-refractivity contribution in [3.63, 3.8) is 0 Å². The van der Waals surface area contributed by atoms with Crippen LogP contribution in [0, 0.1) is 5.41 Å². The highest BCUT2D eigenvalue weighted by atomic mass is 35.5. The molecule has 0 aliphatic rings. The Kier molecular flexibility index (Phi) is 9.92. The Morgan fingerprint density at radius 1 is 1.23 bits per heavy atom. The Bertz CT molecular complexity index is 1190.